The Morgan fingerprint density at radius 2 is 2.14 bits per heavy atom. The first-order valence-electron chi connectivity index (χ1n) is 4.95. The molecular formula is C12H15NS. The SMILES string of the molecule is CSc1ccccc1C1=CCNCC1. The Morgan fingerprint density at radius 3 is 2.86 bits per heavy atom. The summed E-state index contributed by atoms with van der Waals surface area (Å²) < 4.78 is 0. The number of nitrogens with one attached hydrogen (secondary N) is 1. The standard InChI is InChI=1S/C12H15NS/c1-14-12-5-3-2-4-11(12)10-6-8-13-9-7-10/h2-6,13H,7-9H2,1H3. The summed E-state index contributed by atoms with van der Waals surface area (Å²) in [6.07, 6.45) is 5.59. The molecule has 0 unspecified atom stereocenters. The van der Waals surface area contributed by atoms with E-state index >= 15 is 0 Å². The third kappa shape index (κ3) is 2.02. The molecule has 0 amide bonds. The van der Waals surface area contributed by atoms with E-state index < -0.39 is 0 Å². The predicted octanol–water partition coefficient (Wildman–Crippen LogP) is 2.79. The lowest BCUT2D eigenvalue weighted by molar-refractivity contribution is 0.737. The zero-order valence-electron chi connectivity index (χ0n) is 8.42. The van der Waals surface area contributed by atoms with Crippen LogP contribution in [0.2, 0.25) is 0 Å². The van der Waals surface area contributed by atoms with Crippen LogP contribution in [0.1, 0.15) is 12.0 Å². The summed E-state index contributed by atoms with van der Waals surface area (Å²) in [5.41, 5.74) is 2.91. The number of thioether (sulfide) groups is 1. The van der Waals surface area contributed by atoms with Crippen LogP contribution in [0.4, 0.5) is 0 Å². The monoisotopic (exact) mass is 205 g/mol. The average Bonchev–Trinajstić information content (AvgIpc) is 2.30. The molecule has 2 rings (SSSR count). The molecule has 0 radical (unpaired) electrons. The normalized spacial score (nSPS) is 16.5. The highest BCUT2D eigenvalue weighted by atomic mass is 32.2. The third-order valence-electron chi connectivity index (χ3n) is 2.52. The minimum absolute atomic E-state index is 1.01. The van der Waals surface area contributed by atoms with E-state index in [4.69, 9.17) is 0 Å². The van der Waals surface area contributed by atoms with Gasteiger partial charge in [0.1, 0.15) is 0 Å². The van der Waals surface area contributed by atoms with E-state index in [0.29, 0.717) is 0 Å². The second-order valence-electron chi connectivity index (χ2n) is 3.38. The molecule has 0 atom stereocenters. The molecule has 74 valence electrons. The fourth-order valence-electron chi connectivity index (χ4n) is 1.78. The van der Waals surface area contributed by atoms with Crippen LogP contribution >= 0.6 is 11.8 Å². The van der Waals surface area contributed by atoms with Crippen molar-refractivity contribution in [1.29, 1.82) is 0 Å². The lowest BCUT2D eigenvalue weighted by Crippen LogP contribution is -2.20. The van der Waals surface area contributed by atoms with Gasteiger partial charge >= 0.3 is 0 Å². The van der Waals surface area contributed by atoms with Crippen LogP contribution in [0.3, 0.4) is 0 Å². The van der Waals surface area contributed by atoms with Gasteiger partial charge in [0, 0.05) is 11.4 Å². The Labute approximate surface area is 89.6 Å². The molecule has 0 saturated carbocycles. The molecule has 1 aliphatic rings. The van der Waals surface area contributed by atoms with E-state index in [2.05, 4.69) is 41.9 Å². The topological polar surface area (TPSA) is 12.0 Å². The van der Waals surface area contributed by atoms with Crippen molar-refractivity contribution in [2.24, 2.45) is 0 Å². The molecule has 0 saturated heterocycles. The minimum atomic E-state index is 1.01. The zero-order chi connectivity index (χ0) is 9.80. The smallest absolute Gasteiger partial charge is 0.0144 e. The van der Waals surface area contributed by atoms with Gasteiger partial charge in [-0.25, -0.2) is 0 Å². The second-order valence-corrected chi connectivity index (χ2v) is 4.23. The van der Waals surface area contributed by atoms with Crippen LogP contribution < -0.4 is 5.32 Å². The van der Waals surface area contributed by atoms with Crippen molar-refractivity contribution in [3.8, 4) is 0 Å². The Balaban J connectivity index is 2.34. The Hall–Kier alpha value is -0.730. The van der Waals surface area contributed by atoms with Gasteiger partial charge in [-0.15, -0.1) is 11.8 Å². The van der Waals surface area contributed by atoms with Crippen LogP contribution in [-0.4, -0.2) is 19.3 Å². The van der Waals surface area contributed by atoms with E-state index in [1.807, 2.05) is 11.8 Å². The van der Waals surface area contributed by atoms with Gasteiger partial charge in [-0.1, -0.05) is 24.3 Å². The highest BCUT2D eigenvalue weighted by molar-refractivity contribution is 7.98. The second kappa shape index (κ2) is 4.67. The summed E-state index contributed by atoms with van der Waals surface area (Å²) in [6.45, 7) is 2.12. The van der Waals surface area contributed by atoms with Crippen molar-refractivity contribution in [2.75, 3.05) is 19.3 Å². The summed E-state index contributed by atoms with van der Waals surface area (Å²) in [7, 11) is 0. The van der Waals surface area contributed by atoms with Gasteiger partial charge < -0.3 is 5.32 Å². The fraction of sp³-hybridized carbons (Fsp3) is 0.333. The first kappa shape index (κ1) is 9.81. The molecule has 1 aliphatic heterocycles. The maximum atomic E-state index is 3.34. The Morgan fingerprint density at radius 1 is 1.29 bits per heavy atom. The number of rotatable bonds is 2. The average molecular weight is 205 g/mol. The lowest BCUT2D eigenvalue weighted by Gasteiger charge is -2.16. The lowest BCUT2D eigenvalue weighted by atomic mass is 10.0. The zero-order valence-corrected chi connectivity index (χ0v) is 9.23. The predicted molar refractivity (Wildman–Crippen MR) is 63.7 cm³/mol. The van der Waals surface area contributed by atoms with E-state index in [-0.39, 0.29) is 0 Å². The Kier molecular flexibility index (Phi) is 3.27. The van der Waals surface area contributed by atoms with Gasteiger partial charge in [-0.3, -0.25) is 0 Å². The molecule has 0 spiro atoms. The maximum Gasteiger partial charge on any atom is 0.0144 e. The van der Waals surface area contributed by atoms with Crippen LogP contribution in [0.15, 0.2) is 35.2 Å². The summed E-state index contributed by atoms with van der Waals surface area (Å²) in [4.78, 5) is 1.39. The van der Waals surface area contributed by atoms with Crippen molar-refractivity contribution in [2.45, 2.75) is 11.3 Å². The number of hydrogen-bond acceptors (Lipinski definition) is 2. The fourth-order valence-corrected chi connectivity index (χ4v) is 2.41. The van der Waals surface area contributed by atoms with Gasteiger partial charge in [0.25, 0.3) is 0 Å². The molecule has 14 heavy (non-hydrogen) atoms. The van der Waals surface area contributed by atoms with E-state index in [0.717, 1.165) is 19.5 Å². The molecule has 1 heterocycles. The van der Waals surface area contributed by atoms with Crippen molar-refractivity contribution in [3.63, 3.8) is 0 Å². The van der Waals surface area contributed by atoms with Crippen molar-refractivity contribution < 1.29 is 0 Å². The highest BCUT2D eigenvalue weighted by Gasteiger charge is 2.08. The molecule has 1 nitrogen and oxygen atoms in total. The Bertz CT molecular complexity index is 344. The van der Waals surface area contributed by atoms with Gasteiger partial charge in [-0.2, -0.15) is 0 Å². The van der Waals surface area contributed by atoms with Crippen molar-refractivity contribution in [1.82, 2.24) is 5.32 Å². The molecule has 0 aromatic heterocycles. The number of hydrogen-bond donors (Lipinski definition) is 1. The summed E-state index contributed by atoms with van der Waals surface area (Å²) in [5.74, 6) is 0. The van der Waals surface area contributed by atoms with Gasteiger partial charge in [0.05, 0.1) is 0 Å². The largest absolute Gasteiger partial charge is 0.313 e. The molecule has 0 fully saturated rings. The molecular weight excluding hydrogens is 190 g/mol. The molecule has 0 aliphatic carbocycles. The van der Waals surface area contributed by atoms with Crippen LogP contribution in [-0.2, 0) is 0 Å². The molecule has 1 N–H and O–H groups in total. The van der Waals surface area contributed by atoms with Gasteiger partial charge in [0.15, 0.2) is 0 Å². The third-order valence-corrected chi connectivity index (χ3v) is 3.31. The summed E-state index contributed by atoms with van der Waals surface area (Å²) in [5, 5.41) is 3.34. The molecule has 0 bridgehead atoms. The van der Waals surface area contributed by atoms with E-state index in [1.165, 1.54) is 16.0 Å². The summed E-state index contributed by atoms with van der Waals surface area (Å²) in [6, 6.07) is 8.65. The molecule has 2 heteroatoms. The summed E-state index contributed by atoms with van der Waals surface area (Å²) >= 11 is 1.83. The van der Waals surface area contributed by atoms with Crippen LogP contribution in [0.5, 0.6) is 0 Å². The van der Waals surface area contributed by atoms with Crippen molar-refractivity contribution in [3.05, 3.63) is 35.9 Å². The number of benzene rings is 1. The first-order valence-corrected chi connectivity index (χ1v) is 6.17. The van der Waals surface area contributed by atoms with Gasteiger partial charge in [-0.05, 0) is 36.4 Å². The van der Waals surface area contributed by atoms with Gasteiger partial charge in [0.2, 0.25) is 0 Å². The van der Waals surface area contributed by atoms with E-state index in [9.17, 15) is 0 Å². The highest BCUT2D eigenvalue weighted by Crippen LogP contribution is 2.28. The quantitative estimate of drug-likeness (QED) is 0.745. The van der Waals surface area contributed by atoms with Crippen LogP contribution in [0, 0.1) is 0 Å². The minimum Gasteiger partial charge on any atom is -0.313 e. The van der Waals surface area contributed by atoms with Crippen LogP contribution in [0.25, 0.3) is 5.57 Å². The van der Waals surface area contributed by atoms with Crippen molar-refractivity contribution >= 4 is 17.3 Å². The van der Waals surface area contributed by atoms with E-state index in [1.54, 1.807) is 0 Å². The maximum absolute atomic E-state index is 3.34. The molecule has 1 aromatic carbocycles. The molecule has 1 aromatic rings. The first-order chi connectivity index (χ1) is 6.92.